The van der Waals surface area contributed by atoms with Crippen molar-refractivity contribution in [2.45, 2.75) is 31.7 Å². The first kappa shape index (κ1) is 13.0. The van der Waals surface area contributed by atoms with Crippen LogP contribution in [0.3, 0.4) is 0 Å². The van der Waals surface area contributed by atoms with Crippen molar-refractivity contribution in [1.82, 2.24) is 9.80 Å². The molecular weight excluding hydrogens is 250 g/mol. The van der Waals surface area contributed by atoms with Gasteiger partial charge in [-0.05, 0) is 42.4 Å². The van der Waals surface area contributed by atoms with Crippen LogP contribution in [-0.2, 0) is 12.8 Å². The summed E-state index contributed by atoms with van der Waals surface area (Å²) in [4.78, 5) is 15.4. The molecule has 1 aromatic rings. The van der Waals surface area contributed by atoms with Gasteiger partial charge in [0.25, 0.3) is 0 Å². The van der Waals surface area contributed by atoms with Gasteiger partial charge in [-0.3, -0.25) is 0 Å². The standard InChI is InChI=1S/C16H19N3O/c1-18-15(11-19(9-8-17)16(18)20)14-7-6-12-4-2-3-5-13(12)10-14/h6-7,10,15H,2-5,9,11H2,1H3. The van der Waals surface area contributed by atoms with Gasteiger partial charge < -0.3 is 9.80 Å². The molecule has 1 unspecified atom stereocenters. The van der Waals surface area contributed by atoms with Crippen molar-refractivity contribution in [3.8, 4) is 6.07 Å². The number of amides is 2. The maximum atomic E-state index is 12.1. The molecule has 1 fully saturated rings. The van der Waals surface area contributed by atoms with Crippen LogP contribution in [0.5, 0.6) is 0 Å². The molecule has 0 bridgehead atoms. The van der Waals surface area contributed by atoms with Crippen molar-refractivity contribution < 1.29 is 4.79 Å². The van der Waals surface area contributed by atoms with E-state index in [-0.39, 0.29) is 18.6 Å². The van der Waals surface area contributed by atoms with Gasteiger partial charge >= 0.3 is 6.03 Å². The molecule has 4 heteroatoms. The van der Waals surface area contributed by atoms with E-state index in [1.165, 1.54) is 36.0 Å². The van der Waals surface area contributed by atoms with Crippen molar-refractivity contribution in [2.75, 3.05) is 20.1 Å². The number of nitriles is 1. The molecule has 0 aromatic heterocycles. The number of nitrogens with zero attached hydrogens (tertiary/aromatic N) is 3. The van der Waals surface area contributed by atoms with E-state index in [0.717, 1.165) is 6.42 Å². The number of hydrogen-bond donors (Lipinski definition) is 0. The quantitative estimate of drug-likeness (QED) is 0.774. The van der Waals surface area contributed by atoms with Crippen molar-refractivity contribution in [3.63, 3.8) is 0 Å². The Morgan fingerprint density at radius 3 is 2.80 bits per heavy atom. The van der Waals surface area contributed by atoms with E-state index in [1.54, 1.807) is 9.80 Å². The SMILES string of the molecule is CN1C(=O)N(CC#N)CC1c1ccc2c(c1)CCCC2. The molecule has 104 valence electrons. The second-order valence-corrected chi connectivity index (χ2v) is 5.68. The number of benzene rings is 1. The molecule has 3 rings (SSSR count). The fraction of sp³-hybridized carbons (Fsp3) is 0.500. The van der Waals surface area contributed by atoms with Gasteiger partial charge in [0, 0.05) is 13.6 Å². The van der Waals surface area contributed by atoms with Gasteiger partial charge in [0.1, 0.15) is 6.54 Å². The molecule has 0 spiro atoms. The number of fused-ring (bicyclic) bond motifs is 1. The number of rotatable bonds is 2. The Bertz CT molecular complexity index is 576. The Hall–Kier alpha value is -2.02. The summed E-state index contributed by atoms with van der Waals surface area (Å²) in [6, 6.07) is 8.71. The number of likely N-dealkylation sites (N-methyl/N-ethyl adjacent to an activating group) is 1. The molecule has 4 nitrogen and oxygen atoms in total. The third-order valence-corrected chi connectivity index (χ3v) is 4.45. The Kier molecular flexibility index (Phi) is 3.35. The third-order valence-electron chi connectivity index (χ3n) is 4.45. The number of hydrogen-bond acceptors (Lipinski definition) is 2. The van der Waals surface area contributed by atoms with Crippen molar-refractivity contribution >= 4 is 6.03 Å². The topological polar surface area (TPSA) is 47.3 Å². The zero-order chi connectivity index (χ0) is 14.1. The summed E-state index contributed by atoms with van der Waals surface area (Å²) >= 11 is 0. The van der Waals surface area contributed by atoms with E-state index in [1.807, 2.05) is 7.05 Å². The number of carbonyl (C=O) groups is 1. The molecule has 0 saturated carbocycles. The van der Waals surface area contributed by atoms with Crippen molar-refractivity contribution in [3.05, 3.63) is 34.9 Å². The molecule has 1 heterocycles. The predicted molar refractivity (Wildman–Crippen MR) is 76.2 cm³/mol. The van der Waals surface area contributed by atoms with Crippen LogP contribution in [0.15, 0.2) is 18.2 Å². The third kappa shape index (κ3) is 2.14. The molecule has 20 heavy (non-hydrogen) atoms. The molecule has 1 aliphatic carbocycles. The summed E-state index contributed by atoms with van der Waals surface area (Å²) in [7, 11) is 1.82. The minimum absolute atomic E-state index is 0.0470. The van der Waals surface area contributed by atoms with Gasteiger partial charge in [-0.1, -0.05) is 18.2 Å². The van der Waals surface area contributed by atoms with Gasteiger partial charge in [-0.15, -0.1) is 0 Å². The van der Waals surface area contributed by atoms with Crippen molar-refractivity contribution in [1.29, 1.82) is 5.26 Å². The van der Waals surface area contributed by atoms with Gasteiger partial charge in [-0.25, -0.2) is 4.79 Å². The van der Waals surface area contributed by atoms with E-state index >= 15 is 0 Å². The van der Waals surface area contributed by atoms with Crippen LogP contribution in [0.25, 0.3) is 0 Å². The van der Waals surface area contributed by atoms with Crippen LogP contribution in [0.1, 0.15) is 35.6 Å². The summed E-state index contributed by atoms with van der Waals surface area (Å²) in [5.41, 5.74) is 4.09. The lowest BCUT2D eigenvalue weighted by atomic mass is 9.89. The summed E-state index contributed by atoms with van der Waals surface area (Å²) in [5.74, 6) is 0. The van der Waals surface area contributed by atoms with Crippen LogP contribution in [-0.4, -0.2) is 36.0 Å². The van der Waals surface area contributed by atoms with E-state index < -0.39 is 0 Å². The normalized spacial score (nSPS) is 21.8. The molecule has 0 radical (unpaired) electrons. The minimum atomic E-state index is -0.0470. The molecule has 2 amide bonds. The monoisotopic (exact) mass is 269 g/mol. The first-order valence-corrected chi connectivity index (χ1v) is 7.21. The second kappa shape index (κ2) is 5.16. The van der Waals surface area contributed by atoms with Crippen LogP contribution in [0.2, 0.25) is 0 Å². The lowest BCUT2D eigenvalue weighted by molar-refractivity contribution is 0.199. The lowest BCUT2D eigenvalue weighted by Gasteiger charge is -2.22. The highest BCUT2D eigenvalue weighted by Gasteiger charge is 2.35. The number of aryl methyl sites for hydroxylation is 2. The first-order chi connectivity index (χ1) is 9.70. The second-order valence-electron chi connectivity index (χ2n) is 5.68. The molecule has 0 N–H and O–H groups in total. The Morgan fingerprint density at radius 2 is 2.05 bits per heavy atom. The van der Waals surface area contributed by atoms with E-state index in [4.69, 9.17) is 5.26 Å². The van der Waals surface area contributed by atoms with Crippen LogP contribution < -0.4 is 0 Å². The lowest BCUT2D eigenvalue weighted by Crippen LogP contribution is -2.29. The summed E-state index contributed by atoms with van der Waals surface area (Å²) < 4.78 is 0. The highest BCUT2D eigenvalue weighted by molar-refractivity contribution is 5.77. The zero-order valence-corrected chi connectivity index (χ0v) is 11.8. The van der Waals surface area contributed by atoms with Crippen LogP contribution >= 0.6 is 0 Å². The Balaban J connectivity index is 1.86. The highest BCUT2D eigenvalue weighted by Crippen LogP contribution is 2.31. The van der Waals surface area contributed by atoms with Gasteiger partial charge in [-0.2, -0.15) is 5.26 Å². The molecule has 2 aliphatic rings. The summed E-state index contributed by atoms with van der Waals surface area (Å²) in [6.07, 6.45) is 4.87. The zero-order valence-electron chi connectivity index (χ0n) is 11.8. The molecule has 1 atom stereocenters. The van der Waals surface area contributed by atoms with Gasteiger partial charge in [0.2, 0.25) is 0 Å². The maximum Gasteiger partial charge on any atom is 0.321 e. The Morgan fingerprint density at radius 1 is 1.30 bits per heavy atom. The van der Waals surface area contributed by atoms with Crippen molar-refractivity contribution in [2.24, 2.45) is 0 Å². The maximum absolute atomic E-state index is 12.1. The van der Waals surface area contributed by atoms with E-state index in [0.29, 0.717) is 6.54 Å². The smallest absolute Gasteiger partial charge is 0.319 e. The first-order valence-electron chi connectivity index (χ1n) is 7.21. The Labute approximate surface area is 119 Å². The van der Waals surface area contributed by atoms with E-state index in [9.17, 15) is 4.79 Å². The molecular formula is C16H19N3O. The van der Waals surface area contributed by atoms with Gasteiger partial charge in [0.05, 0.1) is 12.1 Å². The van der Waals surface area contributed by atoms with Crippen LogP contribution in [0.4, 0.5) is 4.79 Å². The highest BCUT2D eigenvalue weighted by atomic mass is 16.2. The molecule has 1 saturated heterocycles. The number of urea groups is 1. The van der Waals surface area contributed by atoms with E-state index in [2.05, 4.69) is 24.3 Å². The average Bonchev–Trinajstić information content (AvgIpc) is 2.76. The largest absolute Gasteiger partial charge is 0.321 e. The van der Waals surface area contributed by atoms with Gasteiger partial charge in [0.15, 0.2) is 0 Å². The molecule has 1 aliphatic heterocycles. The van der Waals surface area contributed by atoms with Crippen LogP contribution in [0, 0.1) is 11.3 Å². The fourth-order valence-electron chi connectivity index (χ4n) is 3.27. The fourth-order valence-corrected chi connectivity index (χ4v) is 3.27. The predicted octanol–water partition coefficient (Wildman–Crippen LogP) is 2.50. The number of carbonyl (C=O) groups excluding carboxylic acids is 1. The summed E-state index contributed by atoms with van der Waals surface area (Å²) in [5, 5.41) is 8.78. The minimum Gasteiger partial charge on any atom is -0.319 e. The summed E-state index contributed by atoms with van der Waals surface area (Å²) in [6.45, 7) is 0.784. The average molecular weight is 269 g/mol. The molecule has 1 aromatic carbocycles.